The third-order valence-electron chi connectivity index (χ3n) is 5.31. The number of pyridine rings is 1. The number of anilines is 3. The molecule has 3 aromatic heterocycles. The largest absolute Gasteiger partial charge is 0.419 e. The Hall–Kier alpha value is -4.94. The normalized spacial score (nSPS) is 11.5. The average molecular weight is 511 g/mol. The van der Waals surface area contributed by atoms with E-state index in [9.17, 15) is 26.7 Å². The second-order valence-corrected chi connectivity index (χ2v) is 7.66. The van der Waals surface area contributed by atoms with Crippen LogP contribution in [0.15, 0.2) is 67.4 Å². The summed E-state index contributed by atoms with van der Waals surface area (Å²) in [6.07, 6.45) is -0.669. The summed E-state index contributed by atoms with van der Waals surface area (Å²) in [5.41, 5.74) is -0.585. The van der Waals surface area contributed by atoms with E-state index in [2.05, 4.69) is 35.6 Å². The van der Waals surface area contributed by atoms with E-state index in [-0.39, 0.29) is 11.4 Å². The number of amides is 1. The van der Waals surface area contributed by atoms with Crippen LogP contribution in [0.3, 0.4) is 0 Å². The third kappa shape index (κ3) is 4.66. The first-order valence-electron chi connectivity index (χ1n) is 10.6. The van der Waals surface area contributed by atoms with Gasteiger partial charge in [0.2, 0.25) is 0 Å². The van der Waals surface area contributed by atoms with Crippen LogP contribution in [0.25, 0.3) is 22.4 Å². The molecule has 37 heavy (non-hydrogen) atoms. The van der Waals surface area contributed by atoms with E-state index in [1.807, 2.05) is 0 Å². The number of hydrogen-bond donors (Lipinski definition) is 3. The van der Waals surface area contributed by atoms with Gasteiger partial charge in [-0.2, -0.15) is 13.2 Å². The van der Waals surface area contributed by atoms with Gasteiger partial charge in [-0.1, -0.05) is 6.07 Å². The Bertz CT molecular complexity index is 1630. The number of H-pyrrole nitrogens is 1. The van der Waals surface area contributed by atoms with E-state index in [0.717, 1.165) is 18.2 Å². The summed E-state index contributed by atoms with van der Waals surface area (Å²) in [6.45, 7) is 0. The molecule has 0 aliphatic carbocycles. The molecule has 5 aromatic rings. The molecule has 8 nitrogen and oxygen atoms in total. The smallest absolute Gasteiger partial charge is 0.340 e. The van der Waals surface area contributed by atoms with Crippen molar-refractivity contribution in [1.82, 2.24) is 24.9 Å². The molecule has 186 valence electrons. The lowest BCUT2D eigenvalue weighted by atomic mass is 10.1. The molecule has 0 aliphatic heterocycles. The lowest BCUT2D eigenvalue weighted by molar-refractivity contribution is -0.140. The Kier molecular flexibility index (Phi) is 5.95. The fraction of sp³-hybridized carbons (Fsp3) is 0.0417. The van der Waals surface area contributed by atoms with Gasteiger partial charge < -0.3 is 15.6 Å². The number of benzene rings is 2. The average Bonchev–Trinajstić information content (AvgIpc) is 3.35. The van der Waals surface area contributed by atoms with Crippen LogP contribution in [0.4, 0.5) is 39.1 Å². The van der Waals surface area contributed by atoms with Gasteiger partial charge in [0, 0.05) is 17.4 Å². The van der Waals surface area contributed by atoms with E-state index < -0.39 is 34.8 Å². The molecule has 0 radical (unpaired) electrons. The summed E-state index contributed by atoms with van der Waals surface area (Å²) < 4.78 is 67.9. The number of aromatic nitrogens is 5. The summed E-state index contributed by atoms with van der Waals surface area (Å²) >= 11 is 0. The highest BCUT2D eigenvalue weighted by molar-refractivity contribution is 6.05. The molecule has 3 heterocycles. The maximum Gasteiger partial charge on any atom is 0.419 e. The molecule has 0 unspecified atom stereocenters. The minimum absolute atomic E-state index is 0.272. The Balaban J connectivity index is 1.45. The van der Waals surface area contributed by atoms with Gasteiger partial charge in [-0.25, -0.2) is 28.7 Å². The van der Waals surface area contributed by atoms with E-state index >= 15 is 0 Å². The molecular weight excluding hydrogens is 497 g/mol. The number of nitrogens with one attached hydrogen (secondary N) is 3. The van der Waals surface area contributed by atoms with Gasteiger partial charge in [-0.15, -0.1) is 0 Å². The topological polar surface area (TPSA) is 108 Å². The van der Waals surface area contributed by atoms with E-state index in [4.69, 9.17) is 0 Å². The minimum Gasteiger partial charge on any atom is -0.340 e. The first kappa shape index (κ1) is 23.8. The van der Waals surface area contributed by atoms with Crippen LogP contribution in [-0.4, -0.2) is 30.8 Å². The highest BCUT2D eigenvalue weighted by Crippen LogP contribution is 2.34. The maximum absolute atomic E-state index is 14.5. The molecule has 5 rings (SSSR count). The standard InChI is InChI=1S/C24H14F5N7O/c25-16-7-6-12(9-17(16)36-23(37)13-3-1-5-15(18(13)26)24(27,28)29)35-21-14(4-2-8-30-21)19-20-22(33-10-31-19)34-11-32-20/h1-11H,(H,30,35)(H,36,37)(H,31,32,33,34). The number of fused-ring (bicyclic) bond motifs is 1. The molecule has 0 saturated heterocycles. The third-order valence-corrected chi connectivity index (χ3v) is 5.31. The molecular formula is C24H14F5N7O. The summed E-state index contributed by atoms with van der Waals surface area (Å²) in [5.74, 6) is -3.57. The summed E-state index contributed by atoms with van der Waals surface area (Å²) in [5, 5.41) is 5.12. The predicted molar refractivity (Wildman–Crippen MR) is 124 cm³/mol. The molecule has 0 aliphatic rings. The molecule has 3 N–H and O–H groups in total. The van der Waals surface area contributed by atoms with Crippen molar-refractivity contribution < 1.29 is 26.7 Å². The number of halogens is 5. The van der Waals surface area contributed by atoms with E-state index in [1.54, 1.807) is 12.1 Å². The Morgan fingerprint density at radius 3 is 2.59 bits per heavy atom. The van der Waals surface area contributed by atoms with Crippen LogP contribution in [-0.2, 0) is 6.18 Å². The fourth-order valence-electron chi connectivity index (χ4n) is 3.61. The number of alkyl halides is 3. The summed E-state index contributed by atoms with van der Waals surface area (Å²) in [6, 6.07) is 9.27. The molecule has 0 atom stereocenters. The van der Waals surface area contributed by atoms with Crippen LogP contribution in [0.2, 0.25) is 0 Å². The van der Waals surface area contributed by atoms with Gasteiger partial charge in [0.25, 0.3) is 5.91 Å². The minimum atomic E-state index is -5.00. The van der Waals surface area contributed by atoms with Crippen molar-refractivity contribution in [3.63, 3.8) is 0 Å². The first-order chi connectivity index (χ1) is 17.7. The van der Waals surface area contributed by atoms with Gasteiger partial charge in [0.05, 0.1) is 23.1 Å². The zero-order valence-corrected chi connectivity index (χ0v) is 18.4. The molecule has 0 spiro atoms. The van der Waals surface area contributed by atoms with Crippen molar-refractivity contribution in [3.05, 3.63) is 90.1 Å². The number of imidazole rings is 1. The zero-order chi connectivity index (χ0) is 26.2. The van der Waals surface area contributed by atoms with E-state index in [0.29, 0.717) is 34.3 Å². The van der Waals surface area contributed by atoms with Gasteiger partial charge in [0.15, 0.2) is 5.65 Å². The van der Waals surface area contributed by atoms with Crippen LogP contribution < -0.4 is 10.6 Å². The molecule has 0 bridgehead atoms. The molecule has 1 amide bonds. The highest BCUT2D eigenvalue weighted by atomic mass is 19.4. The van der Waals surface area contributed by atoms with Crippen LogP contribution in [0.1, 0.15) is 15.9 Å². The number of rotatable bonds is 5. The molecule has 13 heteroatoms. The van der Waals surface area contributed by atoms with Crippen LogP contribution in [0.5, 0.6) is 0 Å². The van der Waals surface area contributed by atoms with Crippen molar-refractivity contribution in [1.29, 1.82) is 0 Å². The SMILES string of the molecule is O=C(Nc1cc(Nc2ncccc2-c2ncnc3[nH]cnc23)ccc1F)c1cccc(C(F)(F)F)c1F. The second-order valence-electron chi connectivity index (χ2n) is 7.66. The number of hydrogen-bond acceptors (Lipinski definition) is 6. The van der Waals surface area contributed by atoms with E-state index in [1.165, 1.54) is 31.0 Å². The fourth-order valence-corrected chi connectivity index (χ4v) is 3.61. The van der Waals surface area contributed by atoms with Crippen molar-refractivity contribution in [2.75, 3.05) is 10.6 Å². The summed E-state index contributed by atoms with van der Waals surface area (Å²) in [7, 11) is 0. The monoisotopic (exact) mass is 511 g/mol. The second kappa shape index (κ2) is 9.26. The first-order valence-corrected chi connectivity index (χ1v) is 10.6. The lowest BCUT2D eigenvalue weighted by Gasteiger charge is -2.14. The maximum atomic E-state index is 14.5. The van der Waals surface area contributed by atoms with Gasteiger partial charge >= 0.3 is 6.18 Å². The molecule has 2 aromatic carbocycles. The Labute approximate surface area is 204 Å². The quantitative estimate of drug-likeness (QED) is 0.261. The number of aromatic amines is 1. The highest BCUT2D eigenvalue weighted by Gasteiger charge is 2.35. The van der Waals surface area contributed by atoms with Gasteiger partial charge in [-0.3, -0.25) is 4.79 Å². The molecule has 0 fully saturated rings. The zero-order valence-electron chi connectivity index (χ0n) is 18.4. The van der Waals surface area contributed by atoms with Crippen molar-refractivity contribution in [2.24, 2.45) is 0 Å². The van der Waals surface area contributed by atoms with Crippen molar-refractivity contribution in [3.8, 4) is 11.3 Å². The Morgan fingerprint density at radius 1 is 0.946 bits per heavy atom. The molecule has 0 saturated carbocycles. The predicted octanol–water partition coefficient (Wildman–Crippen LogP) is 5.71. The van der Waals surface area contributed by atoms with Crippen molar-refractivity contribution >= 4 is 34.3 Å². The van der Waals surface area contributed by atoms with Gasteiger partial charge in [0.1, 0.15) is 35.0 Å². The number of carbonyl (C=O) groups excluding carboxylic acids is 1. The van der Waals surface area contributed by atoms with Crippen molar-refractivity contribution in [2.45, 2.75) is 6.18 Å². The van der Waals surface area contributed by atoms with Crippen LogP contribution in [0, 0.1) is 11.6 Å². The van der Waals surface area contributed by atoms with Gasteiger partial charge in [-0.05, 0) is 42.5 Å². The summed E-state index contributed by atoms with van der Waals surface area (Å²) in [4.78, 5) is 32.3. The lowest BCUT2D eigenvalue weighted by Crippen LogP contribution is -2.18. The number of carbonyl (C=O) groups is 1. The number of nitrogens with zero attached hydrogens (tertiary/aromatic N) is 4. The Morgan fingerprint density at radius 2 is 1.78 bits per heavy atom. The van der Waals surface area contributed by atoms with Crippen LogP contribution >= 0.6 is 0 Å².